The van der Waals surface area contributed by atoms with Crippen LogP contribution in [0, 0.1) is 12.3 Å². The first-order valence-corrected chi connectivity index (χ1v) is 6.33. The van der Waals surface area contributed by atoms with E-state index >= 15 is 0 Å². The molecular weight excluding hydrogens is 210 g/mol. The maximum Gasteiger partial charge on any atom is 0.123 e. The average molecular weight is 231 g/mol. The van der Waals surface area contributed by atoms with Crippen LogP contribution in [-0.2, 0) is 6.54 Å². The SMILES string of the molecule is Cc1ccc(CN2CCCCC2)cc1C(=N)N. The van der Waals surface area contributed by atoms with Gasteiger partial charge in [0.15, 0.2) is 0 Å². The fourth-order valence-electron chi connectivity index (χ4n) is 2.43. The number of nitrogen functional groups attached to an aromatic ring is 1. The summed E-state index contributed by atoms with van der Waals surface area (Å²) in [5.41, 5.74) is 8.81. The first-order valence-electron chi connectivity index (χ1n) is 6.33. The van der Waals surface area contributed by atoms with E-state index in [-0.39, 0.29) is 5.84 Å². The van der Waals surface area contributed by atoms with Crippen LogP contribution in [0.2, 0.25) is 0 Å². The van der Waals surface area contributed by atoms with Crippen LogP contribution in [0.4, 0.5) is 0 Å². The first kappa shape index (κ1) is 12.1. The molecule has 1 fully saturated rings. The van der Waals surface area contributed by atoms with Gasteiger partial charge in [0.05, 0.1) is 0 Å². The number of rotatable bonds is 3. The summed E-state index contributed by atoms with van der Waals surface area (Å²) < 4.78 is 0. The maximum absolute atomic E-state index is 7.56. The number of likely N-dealkylation sites (tertiary alicyclic amines) is 1. The van der Waals surface area contributed by atoms with Gasteiger partial charge in [0.25, 0.3) is 0 Å². The number of hydrogen-bond acceptors (Lipinski definition) is 2. The van der Waals surface area contributed by atoms with E-state index in [1.54, 1.807) is 0 Å². The van der Waals surface area contributed by atoms with E-state index in [0.717, 1.165) is 17.7 Å². The number of nitrogens with two attached hydrogens (primary N) is 1. The lowest BCUT2D eigenvalue weighted by Gasteiger charge is -2.26. The van der Waals surface area contributed by atoms with Crippen LogP contribution in [0.25, 0.3) is 0 Å². The lowest BCUT2D eigenvalue weighted by atomic mass is 10.0. The second kappa shape index (κ2) is 5.32. The van der Waals surface area contributed by atoms with Gasteiger partial charge in [-0.15, -0.1) is 0 Å². The summed E-state index contributed by atoms with van der Waals surface area (Å²) in [5, 5.41) is 7.56. The summed E-state index contributed by atoms with van der Waals surface area (Å²) in [7, 11) is 0. The summed E-state index contributed by atoms with van der Waals surface area (Å²) >= 11 is 0. The van der Waals surface area contributed by atoms with Crippen molar-refractivity contribution in [3.63, 3.8) is 0 Å². The lowest BCUT2D eigenvalue weighted by Crippen LogP contribution is -2.29. The van der Waals surface area contributed by atoms with Gasteiger partial charge >= 0.3 is 0 Å². The van der Waals surface area contributed by atoms with Crippen LogP contribution in [0.1, 0.15) is 36.0 Å². The van der Waals surface area contributed by atoms with Crippen molar-refractivity contribution >= 4 is 5.84 Å². The molecule has 92 valence electrons. The molecule has 1 aromatic rings. The quantitative estimate of drug-likeness (QED) is 0.619. The molecule has 0 aromatic heterocycles. The van der Waals surface area contributed by atoms with Gasteiger partial charge in [-0.1, -0.05) is 18.6 Å². The number of aryl methyl sites for hydroxylation is 1. The number of hydrogen-bond donors (Lipinski definition) is 2. The van der Waals surface area contributed by atoms with Crippen LogP contribution < -0.4 is 5.73 Å². The van der Waals surface area contributed by atoms with Crippen molar-refractivity contribution in [3.05, 3.63) is 34.9 Å². The van der Waals surface area contributed by atoms with Crippen LogP contribution in [0.15, 0.2) is 18.2 Å². The van der Waals surface area contributed by atoms with Crippen molar-refractivity contribution in [2.45, 2.75) is 32.7 Å². The first-order chi connectivity index (χ1) is 8.16. The molecular formula is C14H21N3. The number of nitrogens with zero attached hydrogens (tertiary/aromatic N) is 1. The molecule has 3 heteroatoms. The van der Waals surface area contributed by atoms with E-state index < -0.39 is 0 Å². The van der Waals surface area contributed by atoms with Gasteiger partial charge in [0.1, 0.15) is 5.84 Å². The fraction of sp³-hybridized carbons (Fsp3) is 0.500. The maximum atomic E-state index is 7.56. The number of piperidine rings is 1. The molecule has 3 nitrogen and oxygen atoms in total. The molecule has 0 aliphatic carbocycles. The molecule has 1 saturated heterocycles. The predicted octanol–water partition coefficient (Wildman–Crippen LogP) is 2.26. The van der Waals surface area contributed by atoms with Crippen LogP contribution in [0.5, 0.6) is 0 Å². The summed E-state index contributed by atoms with van der Waals surface area (Å²) in [5.74, 6) is 0.169. The third-order valence-electron chi connectivity index (χ3n) is 3.45. The molecule has 3 N–H and O–H groups in total. The monoisotopic (exact) mass is 231 g/mol. The van der Waals surface area contributed by atoms with Gasteiger partial charge in [0.2, 0.25) is 0 Å². The number of nitrogens with one attached hydrogen (secondary N) is 1. The van der Waals surface area contributed by atoms with Crippen molar-refractivity contribution in [2.24, 2.45) is 5.73 Å². The van der Waals surface area contributed by atoms with Gasteiger partial charge in [-0.3, -0.25) is 10.3 Å². The Hall–Kier alpha value is -1.35. The van der Waals surface area contributed by atoms with E-state index in [4.69, 9.17) is 11.1 Å². The molecule has 0 bridgehead atoms. The summed E-state index contributed by atoms with van der Waals surface area (Å²) in [6.07, 6.45) is 3.99. The Morgan fingerprint density at radius 3 is 2.65 bits per heavy atom. The topological polar surface area (TPSA) is 53.1 Å². The normalized spacial score (nSPS) is 17.0. The highest BCUT2D eigenvalue weighted by molar-refractivity contribution is 5.96. The lowest BCUT2D eigenvalue weighted by molar-refractivity contribution is 0.221. The highest BCUT2D eigenvalue weighted by Gasteiger charge is 2.11. The zero-order valence-electron chi connectivity index (χ0n) is 10.5. The summed E-state index contributed by atoms with van der Waals surface area (Å²) in [6, 6.07) is 6.28. The van der Waals surface area contributed by atoms with Gasteiger partial charge in [0, 0.05) is 12.1 Å². The van der Waals surface area contributed by atoms with E-state index in [9.17, 15) is 0 Å². The van der Waals surface area contributed by atoms with Crippen LogP contribution >= 0.6 is 0 Å². The predicted molar refractivity (Wildman–Crippen MR) is 71.3 cm³/mol. The average Bonchev–Trinajstić information content (AvgIpc) is 2.32. The standard InChI is InChI=1S/C14H21N3/c1-11-5-6-12(9-13(11)14(15)16)10-17-7-3-2-4-8-17/h5-6,9H,2-4,7-8,10H2,1H3,(H3,15,16). The van der Waals surface area contributed by atoms with Crippen molar-refractivity contribution in [1.82, 2.24) is 4.90 Å². The second-order valence-corrected chi connectivity index (χ2v) is 4.90. The van der Waals surface area contributed by atoms with Gasteiger partial charge in [-0.25, -0.2) is 0 Å². The van der Waals surface area contributed by atoms with Crippen molar-refractivity contribution < 1.29 is 0 Å². The minimum atomic E-state index is 0.169. The molecule has 1 aliphatic rings. The van der Waals surface area contributed by atoms with Crippen molar-refractivity contribution in [2.75, 3.05) is 13.1 Å². The zero-order valence-corrected chi connectivity index (χ0v) is 10.5. The van der Waals surface area contributed by atoms with E-state index in [0.29, 0.717) is 0 Å². The molecule has 0 saturated carbocycles. The smallest absolute Gasteiger partial charge is 0.123 e. The Kier molecular flexibility index (Phi) is 3.79. The largest absolute Gasteiger partial charge is 0.384 e. The van der Waals surface area contributed by atoms with E-state index in [1.165, 1.54) is 37.9 Å². The zero-order chi connectivity index (χ0) is 12.3. The van der Waals surface area contributed by atoms with Crippen molar-refractivity contribution in [3.8, 4) is 0 Å². The third-order valence-corrected chi connectivity index (χ3v) is 3.45. The van der Waals surface area contributed by atoms with Crippen LogP contribution in [0.3, 0.4) is 0 Å². The highest BCUT2D eigenvalue weighted by Crippen LogP contribution is 2.16. The van der Waals surface area contributed by atoms with E-state index in [2.05, 4.69) is 23.1 Å². The molecule has 0 unspecified atom stereocenters. The van der Waals surface area contributed by atoms with Gasteiger partial charge in [-0.2, -0.15) is 0 Å². The van der Waals surface area contributed by atoms with E-state index in [1.807, 2.05) is 6.92 Å². The molecule has 17 heavy (non-hydrogen) atoms. The summed E-state index contributed by atoms with van der Waals surface area (Å²) in [4.78, 5) is 2.48. The van der Waals surface area contributed by atoms with Crippen LogP contribution in [-0.4, -0.2) is 23.8 Å². The Bertz CT molecular complexity index is 406. The molecule has 0 radical (unpaired) electrons. The van der Waals surface area contributed by atoms with Gasteiger partial charge in [-0.05, 0) is 50.0 Å². The molecule has 1 aromatic carbocycles. The van der Waals surface area contributed by atoms with Crippen molar-refractivity contribution in [1.29, 1.82) is 5.41 Å². The second-order valence-electron chi connectivity index (χ2n) is 4.90. The third kappa shape index (κ3) is 3.07. The highest BCUT2D eigenvalue weighted by atomic mass is 15.1. The summed E-state index contributed by atoms with van der Waals surface area (Å²) in [6.45, 7) is 5.38. The molecule has 1 aliphatic heterocycles. The molecule has 0 amide bonds. The Balaban J connectivity index is 2.10. The molecule has 1 heterocycles. The molecule has 0 atom stereocenters. The Morgan fingerprint density at radius 1 is 1.29 bits per heavy atom. The Labute approximate surface area is 103 Å². The minimum Gasteiger partial charge on any atom is -0.384 e. The Morgan fingerprint density at radius 2 is 2.00 bits per heavy atom. The molecule has 2 rings (SSSR count). The fourth-order valence-corrected chi connectivity index (χ4v) is 2.43. The van der Waals surface area contributed by atoms with Gasteiger partial charge < -0.3 is 5.73 Å². The number of amidine groups is 1. The minimum absolute atomic E-state index is 0.169. The number of benzene rings is 1. The molecule has 0 spiro atoms.